The van der Waals surface area contributed by atoms with E-state index in [4.69, 9.17) is 20.8 Å². The van der Waals surface area contributed by atoms with Gasteiger partial charge < -0.3 is 9.15 Å². The largest absolute Gasteiger partial charge is 0.477 e. The standard InChI is InChI=1S/C21H16ClN3O5/c22-15-9-7-14(8-10-15)16-12-18(20-6-3-11-29-20)24(23-16)21(26)13-30-19-5-2-1-4-17(19)25(27)28/h1-11,18H,12-13H2. The van der Waals surface area contributed by atoms with Crippen LogP contribution in [0, 0.1) is 10.1 Å². The van der Waals surface area contributed by atoms with Crippen molar-refractivity contribution >= 4 is 28.9 Å². The molecule has 1 aliphatic heterocycles. The average molecular weight is 426 g/mol. The number of carbonyl (C=O) groups excluding carboxylic acids is 1. The van der Waals surface area contributed by atoms with E-state index in [1.165, 1.54) is 29.5 Å². The summed E-state index contributed by atoms with van der Waals surface area (Å²) >= 11 is 5.96. The number of nitrogens with zero attached hydrogens (tertiary/aromatic N) is 3. The zero-order valence-corrected chi connectivity index (χ0v) is 16.4. The molecule has 1 amide bonds. The van der Waals surface area contributed by atoms with Crippen LogP contribution in [0.25, 0.3) is 0 Å². The van der Waals surface area contributed by atoms with Crippen molar-refractivity contribution in [3.8, 4) is 5.75 Å². The van der Waals surface area contributed by atoms with E-state index in [0.717, 1.165) is 5.56 Å². The molecular formula is C21H16ClN3O5. The van der Waals surface area contributed by atoms with Crippen molar-refractivity contribution in [3.63, 3.8) is 0 Å². The number of benzene rings is 2. The summed E-state index contributed by atoms with van der Waals surface area (Å²) in [6.07, 6.45) is 1.98. The highest BCUT2D eigenvalue weighted by Gasteiger charge is 2.35. The zero-order chi connectivity index (χ0) is 21.1. The minimum atomic E-state index is -0.557. The lowest BCUT2D eigenvalue weighted by Gasteiger charge is -2.19. The molecule has 3 aromatic rings. The minimum absolute atomic E-state index is 0.0199. The molecule has 152 valence electrons. The number of carbonyl (C=O) groups is 1. The van der Waals surface area contributed by atoms with Gasteiger partial charge in [0.05, 0.1) is 16.9 Å². The lowest BCUT2D eigenvalue weighted by Crippen LogP contribution is -2.31. The Bertz CT molecular complexity index is 1100. The Hall–Kier alpha value is -3.65. The Morgan fingerprint density at radius 3 is 2.67 bits per heavy atom. The van der Waals surface area contributed by atoms with Crippen LogP contribution >= 0.6 is 11.6 Å². The van der Waals surface area contributed by atoms with Gasteiger partial charge in [-0.2, -0.15) is 5.10 Å². The number of para-hydroxylation sites is 2. The van der Waals surface area contributed by atoms with Gasteiger partial charge in [0.25, 0.3) is 5.91 Å². The van der Waals surface area contributed by atoms with Gasteiger partial charge in [-0.3, -0.25) is 14.9 Å². The van der Waals surface area contributed by atoms with Gasteiger partial charge >= 0.3 is 5.69 Å². The van der Waals surface area contributed by atoms with E-state index in [9.17, 15) is 14.9 Å². The summed E-state index contributed by atoms with van der Waals surface area (Å²) in [6, 6.07) is 16.1. The van der Waals surface area contributed by atoms with Gasteiger partial charge in [0.1, 0.15) is 11.8 Å². The number of hydrogen-bond donors (Lipinski definition) is 0. The molecule has 0 saturated carbocycles. The first-order chi connectivity index (χ1) is 14.5. The van der Waals surface area contributed by atoms with Gasteiger partial charge in [-0.15, -0.1) is 0 Å². The summed E-state index contributed by atoms with van der Waals surface area (Å²) in [5, 5.41) is 17.5. The Morgan fingerprint density at radius 2 is 1.97 bits per heavy atom. The van der Waals surface area contributed by atoms with Gasteiger partial charge in [0.2, 0.25) is 0 Å². The van der Waals surface area contributed by atoms with Crippen LogP contribution in [0.1, 0.15) is 23.8 Å². The highest BCUT2D eigenvalue weighted by Crippen LogP contribution is 2.33. The number of rotatable bonds is 6. The molecule has 0 saturated heterocycles. The van der Waals surface area contributed by atoms with Crippen LogP contribution in [-0.2, 0) is 4.79 Å². The molecule has 2 aromatic carbocycles. The number of halogens is 1. The summed E-state index contributed by atoms with van der Waals surface area (Å²) in [7, 11) is 0. The molecule has 1 aliphatic rings. The molecule has 0 N–H and O–H groups in total. The Morgan fingerprint density at radius 1 is 1.20 bits per heavy atom. The maximum Gasteiger partial charge on any atom is 0.310 e. The summed E-state index contributed by atoms with van der Waals surface area (Å²) in [4.78, 5) is 23.5. The lowest BCUT2D eigenvalue weighted by molar-refractivity contribution is -0.385. The monoisotopic (exact) mass is 425 g/mol. The van der Waals surface area contributed by atoms with Crippen LogP contribution in [0.5, 0.6) is 5.75 Å². The van der Waals surface area contributed by atoms with Crippen LogP contribution in [-0.4, -0.2) is 28.2 Å². The van der Waals surface area contributed by atoms with Crippen molar-refractivity contribution in [1.82, 2.24) is 5.01 Å². The third-order valence-corrected chi connectivity index (χ3v) is 4.88. The molecule has 30 heavy (non-hydrogen) atoms. The topological polar surface area (TPSA) is 98.2 Å². The van der Waals surface area contributed by atoms with E-state index in [-0.39, 0.29) is 11.4 Å². The smallest absolute Gasteiger partial charge is 0.310 e. The first-order valence-corrected chi connectivity index (χ1v) is 9.46. The number of hydrogen-bond acceptors (Lipinski definition) is 6. The van der Waals surface area contributed by atoms with Gasteiger partial charge in [-0.25, -0.2) is 5.01 Å². The molecule has 0 fully saturated rings. The van der Waals surface area contributed by atoms with Crippen LogP contribution in [0.15, 0.2) is 76.4 Å². The van der Waals surface area contributed by atoms with Crippen LogP contribution in [0.3, 0.4) is 0 Å². The van der Waals surface area contributed by atoms with Crippen LogP contribution in [0.4, 0.5) is 5.69 Å². The molecule has 1 aromatic heterocycles. The number of hydrazone groups is 1. The van der Waals surface area contributed by atoms with Gasteiger partial charge in [0.15, 0.2) is 12.4 Å². The minimum Gasteiger partial charge on any atom is -0.477 e. The molecule has 0 bridgehead atoms. The predicted octanol–water partition coefficient (Wildman–Crippen LogP) is 4.60. The summed E-state index contributed by atoms with van der Waals surface area (Å²) < 4.78 is 10.9. The van der Waals surface area contributed by atoms with E-state index in [1.54, 1.807) is 30.3 Å². The number of nitro benzene ring substituents is 1. The van der Waals surface area contributed by atoms with E-state index in [0.29, 0.717) is 22.9 Å². The molecule has 8 nitrogen and oxygen atoms in total. The SMILES string of the molecule is O=C(COc1ccccc1[N+](=O)[O-])N1N=C(c2ccc(Cl)cc2)CC1c1ccco1. The molecule has 1 atom stereocenters. The Kier molecular flexibility index (Phi) is 5.49. The second-order valence-corrected chi connectivity index (χ2v) is 6.98. The quantitative estimate of drug-likeness (QED) is 0.424. The highest BCUT2D eigenvalue weighted by molar-refractivity contribution is 6.30. The molecule has 9 heteroatoms. The fourth-order valence-corrected chi connectivity index (χ4v) is 3.32. The number of nitro groups is 1. The van der Waals surface area contributed by atoms with E-state index in [2.05, 4.69) is 5.10 Å². The van der Waals surface area contributed by atoms with Crippen molar-refractivity contribution < 1.29 is 18.9 Å². The highest BCUT2D eigenvalue weighted by atomic mass is 35.5. The van der Waals surface area contributed by atoms with Crippen LogP contribution < -0.4 is 4.74 Å². The molecule has 2 heterocycles. The van der Waals surface area contributed by atoms with E-state index < -0.39 is 23.5 Å². The predicted molar refractivity (Wildman–Crippen MR) is 109 cm³/mol. The Balaban J connectivity index is 1.56. The van der Waals surface area contributed by atoms with Gasteiger partial charge in [-0.1, -0.05) is 35.9 Å². The van der Waals surface area contributed by atoms with E-state index in [1.807, 2.05) is 12.1 Å². The first kappa shape index (κ1) is 19.7. The van der Waals surface area contributed by atoms with E-state index >= 15 is 0 Å². The third kappa shape index (κ3) is 4.04. The third-order valence-electron chi connectivity index (χ3n) is 4.63. The second-order valence-electron chi connectivity index (χ2n) is 6.54. The lowest BCUT2D eigenvalue weighted by atomic mass is 10.0. The summed E-state index contributed by atoms with van der Waals surface area (Å²) in [6.45, 7) is -0.403. The van der Waals surface area contributed by atoms with Gasteiger partial charge in [-0.05, 0) is 35.9 Å². The van der Waals surface area contributed by atoms with Crippen molar-refractivity contribution in [2.45, 2.75) is 12.5 Å². The molecule has 1 unspecified atom stereocenters. The fraction of sp³-hybridized carbons (Fsp3) is 0.143. The van der Waals surface area contributed by atoms with Crippen molar-refractivity contribution in [1.29, 1.82) is 0 Å². The molecule has 0 spiro atoms. The second kappa shape index (κ2) is 8.38. The number of furan rings is 1. The van der Waals surface area contributed by atoms with Crippen molar-refractivity contribution in [2.24, 2.45) is 5.10 Å². The molecule has 0 radical (unpaired) electrons. The van der Waals surface area contributed by atoms with Gasteiger partial charge in [0, 0.05) is 17.5 Å². The van der Waals surface area contributed by atoms with Crippen molar-refractivity contribution in [3.05, 3.63) is 93.4 Å². The zero-order valence-electron chi connectivity index (χ0n) is 15.6. The Labute approximate surface area is 176 Å². The number of ether oxygens (including phenoxy) is 1. The fourth-order valence-electron chi connectivity index (χ4n) is 3.20. The molecule has 0 aliphatic carbocycles. The normalized spacial score (nSPS) is 15.7. The first-order valence-electron chi connectivity index (χ1n) is 9.08. The summed E-state index contributed by atoms with van der Waals surface area (Å²) in [5.41, 5.74) is 1.33. The van der Waals surface area contributed by atoms with Crippen molar-refractivity contribution in [2.75, 3.05) is 6.61 Å². The maximum absolute atomic E-state index is 12.9. The maximum atomic E-state index is 12.9. The summed E-state index contributed by atoms with van der Waals surface area (Å²) in [5.74, 6) is 0.159. The molecular weight excluding hydrogens is 410 g/mol. The molecule has 4 rings (SSSR count). The average Bonchev–Trinajstić information content (AvgIpc) is 3.42. The van der Waals surface area contributed by atoms with Crippen LogP contribution in [0.2, 0.25) is 5.02 Å². The number of amides is 1.